The third kappa shape index (κ3) is 2.10. The summed E-state index contributed by atoms with van der Waals surface area (Å²) in [5.74, 6) is 0.261. The van der Waals surface area contributed by atoms with Gasteiger partial charge in [0.05, 0.1) is 0 Å². The van der Waals surface area contributed by atoms with Gasteiger partial charge in [-0.15, -0.1) is 5.10 Å². The van der Waals surface area contributed by atoms with E-state index in [4.69, 9.17) is 10.5 Å². The van der Waals surface area contributed by atoms with Crippen molar-refractivity contribution >= 4 is 5.69 Å². The molecule has 0 atom stereocenters. The van der Waals surface area contributed by atoms with Crippen LogP contribution < -0.4 is 21.7 Å². The summed E-state index contributed by atoms with van der Waals surface area (Å²) in [6.45, 7) is 0. The fraction of sp³-hybridized carbons (Fsp3) is 0.182. The molecule has 1 heterocycles. The molecule has 0 spiro atoms. The predicted octanol–water partition coefficient (Wildman–Crippen LogP) is -0.147. The van der Waals surface area contributed by atoms with Crippen LogP contribution in [0, 0.1) is 0 Å². The van der Waals surface area contributed by atoms with Crippen LogP contribution in [0.3, 0.4) is 0 Å². The average Bonchev–Trinajstić information content (AvgIpc) is 2.36. The van der Waals surface area contributed by atoms with Crippen LogP contribution >= 0.6 is 0 Å². The maximum absolute atomic E-state index is 11.8. The molecule has 94 valence electrons. The molecule has 2 N–H and O–H groups in total. The van der Waals surface area contributed by atoms with E-state index in [9.17, 15) is 9.59 Å². The Bertz CT molecular complexity index is 685. The van der Waals surface area contributed by atoms with Crippen molar-refractivity contribution in [2.45, 2.75) is 0 Å². The Balaban J connectivity index is 2.44. The number of rotatable bonds is 2. The Morgan fingerprint density at radius 1 is 1.17 bits per heavy atom. The molecule has 0 amide bonds. The van der Waals surface area contributed by atoms with Crippen molar-refractivity contribution in [2.75, 3.05) is 5.73 Å². The quantitative estimate of drug-likeness (QED) is 0.746. The van der Waals surface area contributed by atoms with Gasteiger partial charge in [-0.3, -0.25) is 9.36 Å². The molecule has 0 saturated heterocycles. The van der Waals surface area contributed by atoms with E-state index >= 15 is 0 Å². The molecule has 1 aromatic heterocycles. The lowest BCUT2D eigenvalue weighted by molar-refractivity contribution is 0.414. The molecular weight excluding hydrogens is 236 g/mol. The van der Waals surface area contributed by atoms with Gasteiger partial charge in [0.1, 0.15) is 5.75 Å². The first-order chi connectivity index (χ1) is 8.49. The second kappa shape index (κ2) is 4.36. The fourth-order valence-corrected chi connectivity index (χ4v) is 1.38. The number of hydrogen-bond acceptors (Lipinski definition) is 5. The lowest BCUT2D eigenvalue weighted by atomic mass is 10.3. The summed E-state index contributed by atoms with van der Waals surface area (Å²) in [6.07, 6.45) is 0. The largest absolute Gasteiger partial charge is 0.434 e. The third-order valence-corrected chi connectivity index (χ3v) is 2.39. The first-order valence-corrected chi connectivity index (χ1v) is 5.17. The highest BCUT2D eigenvalue weighted by atomic mass is 16.5. The summed E-state index contributed by atoms with van der Waals surface area (Å²) in [7, 11) is 2.81. The van der Waals surface area contributed by atoms with Gasteiger partial charge in [-0.1, -0.05) is 0 Å². The molecular formula is C11H12N4O3. The number of nitrogens with zero attached hydrogens (tertiary/aromatic N) is 3. The zero-order chi connectivity index (χ0) is 13.3. The number of hydrogen-bond donors (Lipinski definition) is 1. The molecule has 0 aliphatic rings. The van der Waals surface area contributed by atoms with Crippen molar-refractivity contribution in [3.63, 3.8) is 0 Å². The van der Waals surface area contributed by atoms with E-state index in [1.807, 2.05) is 0 Å². The molecule has 0 aliphatic heterocycles. The predicted molar refractivity (Wildman–Crippen MR) is 65.6 cm³/mol. The van der Waals surface area contributed by atoms with Gasteiger partial charge in [0, 0.05) is 19.8 Å². The van der Waals surface area contributed by atoms with Crippen molar-refractivity contribution in [1.29, 1.82) is 0 Å². The van der Waals surface area contributed by atoms with E-state index < -0.39 is 11.2 Å². The minimum Gasteiger partial charge on any atom is -0.434 e. The highest BCUT2D eigenvalue weighted by molar-refractivity contribution is 5.42. The van der Waals surface area contributed by atoms with Crippen LogP contribution in [-0.4, -0.2) is 14.3 Å². The molecule has 2 aromatic rings. The SMILES string of the molecule is Cn1nc(Oc2ccc(N)cc2)c(=O)n(C)c1=O. The minimum absolute atomic E-state index is 0.163. The average molecular weight is 248 g/mol. The van der Waals surface area contributed by atoms with E-state index in [2.05, 4.69) is 5.10 Å². The first-order valence-electron chi connectivity index (χ1n) is 5.17. The summed E-state index contributed by atoms with van der Waals surface area (Å²) in [5, 5.41) is 3.77. The minimum atomic E-state index is -0.588. The van der Waals surface area contributed by atoms with Gasteiger partial charge in [-0.25, -0.2) is 9.48 Å². The van der Waals surface area contributed by atoms with Gasteiger partial charge in [0.25, 0.3) is 0 Å². The Labute approximate surface area is 102 Å². The number of ether oxygens (including phenoxy) is 1. The van der Waals surface area contributed by atoms with Gasteiger partial charge in [0.15, 0.2) is 0 Å². The number of nitrogen functional groups attached to an aromatic ring is 1. The summed E-state index contributed by atoms with van der Waals surface area (Å²) in [4.78, 5) is 23.2. The molecule has 0 radical (unpaired) electrons. The molecule has 1 aromatic carbocycles. The topological polar surface area (TPSA) is 92.1 Å². The van der Waals surface area contributed by atoms with Crippen LogP contribution in [0.2, 0.25) is 0 Å². The maximum atomic E-state index is 11.8. The number of aryl methyl sites for hydroxylation is 1. The second-order valence-electron chi connectivity index (χ2n) is 3.75. The van der Waals surface area contributed by atoms with Crippen LogP contribution in [0.5, 0.6) is 11.6 Å². The zero-order valence-corrected chi connectivity index (χ0v) is 9.95. The number of benzene rings is 1. The Morgan fingerprint density at radius 3 is 2.39 bits per heavy atom. The van der Waals surface area contributed by atoms with Gasteiger partial charge >= 0.3 is 17.1 Å². The van der Waals surface area contributed by atoms with E-state index in [0.717, 1.165) is 9.25 Å². The van der Waals surface area contributed by atoms with Crippen molar-refractivity contribution in [1.82, 2.24) is 14.3 Å². The van der Waals surface area contributed by atoms with Crippen molar-refractivity contribution < 1.29 is 4.74 Å². The number of nitrogens with two attached hydrogens (primary N) is 1. The number of anilines is 1. The van der Waals surface area contributed by atoms with Crippen LogP contribution in [-0.2, 0) is 14.1 Å². The van der Waals surface area contributed by atoms with E-state index in [-0.39, 0.29) is 5.88 Å². The molecule has 0 unspecified atom stereocenters. The first kappa shape index (κ1) is 11.9. The molecule has 0 saturated carbocycles. The molecule has 7 nitrogen and oxygen atoms in total. The highest BCUT2D eigenvalue weighted by Gasteiger charge is 2.10. The van der Waals surface area contributed by atoms with Crippen molar-refractivity contribution in [3.05, 3.63) is 45.1 Å². The number of aromatic nitrogens is 3. The summed E-state index contributed by atoms with van der Waals surface area (Å²) < 4.78 is 7.29. The van der Waals surface area contributed by atoms with E-state index in [0.29, 0.717) is 11.4 Å². The Morgan fingerprint density at radius 2 is 1.78 bits per heavy atom. The molecule has 0 aliphatic carbocycles. The maximum Gasteiger partial charge on any atom is 0.347 e. The molecule has 0 bridgehead atoms. The molecule has 0 fully saturated rings. The summed E-state index contributed by atoms with van der Waals surface area (Å²) >= 11 is 0. The van der Waals surface area contributed by atoms with E-state index in [1.165, 1.54) is 14.1 Å². The van der Waals surface area contributed by atoms with Crippen LogP contribution in [0.4, 0.5) is 5.69 Å². The van der Waals surface area contributed by atoms with Crippen LogP contribution in [0.25, 0.3) is 0 Å². The Kier molecular flexibility index (Phi) is 2.88. The van der Waals surface area contributed by atoms with Crippen LogP contribution in [0.1, 0.15) is 0 Å². The lowest BCUT2D eigenvalue weighted by Crippen LogP contribution is -2.38. The van der Waals surface area contributed by atoms with Gasteiger partial charge in [-0.05, 0) is 24.3 Å². The smallest absolute Gasteiger partial charge is 0.347 e. The lowest BCUT2D eigenvalue weighted by Gasteiger charge is -2.07. The van der Waals surface area contributed by atoms with Crippen LogP contribution in [0.15, 0.2) is 33.9 Å². The third-order valence-electron chi connectivity index (χ3n) is 2.39. The molecule has 7 heteroatoms. The van der Waals surface area contributed by atoms with E-state index in [1.54, 1.807) is 24.3 Å². The standard InChI is InChI=1S/C11H12N4O3/c1-14-10(16)9(13-15(2)11(14)17)18-8-5-3-7(12)4-6-8/h3-6H,12H2,1-2H3. The monoisotopic (exact) mass is 248 g/mol. The fourth-order valence-electron chi connectivity index (χ4n) is 1.38. The van der Waals surface area contributed by atoms with Gasteiger partial charge in [0.2, 0.25) is 0 Å². The summed E-state index contributed by atoms with van der Waals surface area (Å²) in [5.41, 5.74) is 5.02. The second-order valence-corrected chi connectivity index (χ2v) is 3.75. The normalized spacial score (nSPS) is 10.3. The van der Waals surface area contributed by atoms with Gasteiger partial charge in [-0.2, -0.15) is 0 Å². The molecule has 2 rings (SSSR count). The van der Waals surface area contributed by atoms with Crippen molar-refractivity contribution in [3.8, 4) is 11.6 Å². The Hall–Kier alpha value is -2.57. The highest BCUT2D eigenvalue weighted by Crippen LogP contribution is 2.17. The zero-order valence-electron chi connectivity index (χ0n) is 9.95. The van der Waals surface area contributed by atoms with Gasteiger partial charge < -0.3 is 10.5 Å². The van der Waals surface area contributed by atoms with Crippen molar-refractivity contribution in [2.24, 2.45) is 14.1 Å². The molecule has 18 heavy (non-hydrogen) atoms. The summed E-state index contributed by atoms with van der Waals surface area (Å²) in [6, 6.07) is 6.51.